The third kappa shape index (κ3) is 1.96. The maximum Gasteiger partial charge on any atom is 0.270 e. The lowest BCUT2D eigenvalue weighted by atomic mass is 10.1. The second-order valence-electron chi connectivity index (χ2n) is 3.43. The van der Waals surface area contributed by atoms with E-state index in [4.69, 9.17) is 4.74 Å². The van der Waals surface area contributed by atoms with Crippen molar-refractivity contribution in [3.8, 4) is 0 Å². The summed E-state index contributed by atoms with van der Waals surface area (Å²) in [7, 11) is 0. The van der Waals surface area contributed by atoms with Gasteiger partial charge in [0.15, 0.2) is 0 Å². The van der Waals surface area contributed by atoms with Crippen LogP contribution in [0.3, 0.4) is 0 Å². The highest BCUT2D eigenvalue weighted by Gasteiger charge is 2.26. The quantitative estimate of drug-likeness (QED) is 0.375. The second-order valence-corrected chi connectivity index (χ2v) is 3.43. The van der Waals surface area contributed by atoms with Gasteiger partial charge in [0, 0.05) is 23.4 Å². The van der Waals surface area contributed by atoms with Gasteiger partial charge in [-0.3, -0.25) is 14.9 Å². The van der Waals surface area contributed by atoms with E-state index in [1.54, 1.807) is 6.92 Å². The molecule has 1 amide bonds. The number of ether oxygens (including phenoxy) is 1. The Morgan fingerprint density at radius 1 is 1.53 bits per heavy atom. The Kier molecular flexibility index (Phi) is 2.78. The zero-order chi connectivity index (χ0) is 12.4. The number of nitrogens with one attached hydrogen (secondary N) is 1. The van der Waals surface area contributed by atoms with Gasteiger partial charge in [0.1, 0.15) is 0 Å². The Morgan fingerprint density at radius 3 is 2.94 bits per heavy atom. The van der Waals surface area contributed by atoms with Gasteiger partial charge in [0.25, 0.3) is 11.6 Å². The van der Waals surface area contributed by atoms with Crippen LogP contribution in [0, 0.1) is 10.1 Å². The molecule has 0 bridgehead atoms. The fourth-order valence-electron chi connectivity index (χ4n) is 1.57. The molecule has 1 heterocycles. The maximum atomic E-state index is 11.6. The minimum atomic E-state index is -0.499. The monoisotopic (exact) mass is 234 g/mol. The van der Waals surface area contributed by atoms with Crippen molar-refractivity contribution in [1.29, 1.82) is 0 Å². The first-order valence-electron chi connectivity index (χ1n) is 5.05. The molecule has 0 aliphatic carbocycles. The van der Waals surface area contributed by atoms with Crippen molar-refractivity contribution in [2.45, 2.75) is 6.92 Å². The fourth-order valence-corrected chi connectivity index (χ4v) is 1.57. The van der Waals surface area contributed by atoms with Crippen LogP contribution in [0.2, 0.25) is 0 Å². The molecule has 0 fully saturated rings. The highest BCUT2D eigenvalue weighted by atomic mass is 16.6. The number of nitrogens with zero attached hydrogens (tertiary/aromatic N) is 1. The Balaban J connectivity index is 2.46. The Bertz CT molecular complexity index is 522. The molecule has 0 radical (unpaired) electrons. The molecule has 1 aromatic rings. The fraction of sp³-hybridized carbons (Fsp3) is 0.182. The molecule has 1 N–H and O–H groups in total. The molecule has 0 unspecified atom stereocenters. The number of nitro groups is 1. The lowest BCUT2D eigenvalue weighted by Crippen LogP contribution is -2.04. The largest absolute Gasteiger partial charge is 0.501 e. The number of amides is 1. The number of nitro benzene ring substituents is 1. The molecule has 0 atom stereocenters. The van der Waals surface area contributed by atoms with E-state index < -0.39 is 4.92 Å². The average Bonchev–Trinajstić information content (AvgIpc) is 2.61. The standard InChI is InChI=1S/C11H10N2O4/c1-2-17-6-9-8-5-7(13(15)16)3-4-10(8)12-11(9)14/h3-6H,2H2,1H3,(H,12,14). The van der Waals surface area contributed by atoms with Crippen LogP contribution in [0.5, 0.6) is 0 Å². The molecule has 88 valence electrons. The lowest BCUT2D eigenvalue weighted by molar-refractivity contribution is -0.384. The van der Waals surface area contributed by atoms with Crippen molar-refractivity contribution >= 4 is 22.9 Å². The van der Waals surface area contributed by atoms with E-state index in [0.717, 1.165) is 0 Å². The molecular formula is C11H10N2O4. The van der Waals surface area contributed by atoms with Gasteiger partial charge in [-0.05, 0) is 13.0 Å². The van der Waals surface area contributed by atoms with Crippen LogP contribution in [-0.2, 0) is 9.53 Å². The molecule has 6 nitrogen and oxygen atoms in total. The highest BCUT2D eigenvalue weighted by molar-refractivity contribution is 6.31. The van der Waals surface area contributed by atoms with Crippen LogP contribution in [-0.4, -0.2) is 17.4 Å². The molecule has 0 saturated carbocycles. The average molecular weight is 234 g/mol. The summed E-state index contributed by atoms with van der Waals surface area (Å²) >= 11 is 0. The number of non-ortho nitro benzene ring substituents is 1. The summed E-state index contributed by atoms with van der Waals surface area (Å²) in [5.74, 6) is -0.311. The van der Waals surface area contributed by atoms with E-state index in [0.29, 0.717) is 23.4 Å². The van der Waals surface area contributed by atoms with E-state index in [1.807, 2.05) is 0 Å². The molecule has 0 aromatic heterocycles. The topological polar surface area (TPSA) is 81.5 Å². The smallest absolute Gasteiger partial charge is 0.270 e. The van der Waals surface area contributed by atoms with E-state index in [9.17, 15) is 14.9 Å². The number of anilines is 1. The lowest BCUT2D eigenvalue weighted by Gasteiger charge is -1.99. The predicted octanol–water partition coefficient (Wildman–Crippen LogP) is 1.92. The van der Waals surface area contributed by atoms with Crippen LogP contribution in [0.4, 0.5) is 11.4 Å². The number of fused-ring (bicyclic) bond motifs is 1. The van der Waals surface area contributed by atoms with Crippen LogP contribution in [0.1, 0.15) is 12.5 Å². The first-order valence-corrected chi connectivity index (χ1v) is 5.05. The summed E-state index contributed by atoms with van der Waals surface area (Å²) in [6.07, 6.45) is 1.32. The summed E-state index contributed by atoms with van der Waals surface area (Å²) in [6, 6.07) is 4.22. The third-order valence-corrected chi connectivity index (χ3v) is 2.36. The number of carbonyl (C=O) groups excluding carboxylic acids is 1. The zero-order valence-electron chi connectivity index (χ0n) is 9.10. The van der Waals surface area contributed by atoms with E-state index in [2.05, 4.69) is 5.32 Å². The molecule has 0 spiro atoms. The number of hydrogen-bond donors (Lipinski definition) is 1. The normalized spacial score (nSPS) is 15.6. The van der Waals surface area contributed by atoms with Crippen LogP contribution in [0.15, 0.2) is 24.5 Å². The molecule has 1 aliphatic rings. The molecule has 1 aliphatic heterocycles. The first kappa shape index (κ1) is 11.1. The zero-order valence-corrected chi connectivity index (χ0v) is 9.10. The van der Waals surface area contributed by atoms with Crippen molar-refractivity contribution < 1.29 is 14.5 Å². The highest BCUT2D eigenvalue weighted by Crippen LogP contribution is 2.34. The molecule has 17 heavy (non-hydrogen) atoms. The van der Waals surface area contributed by atoms with Gasteiger partial charge in [-0.15, -0.1) is 0 Å². The van der Waals surface area contributed by atoms with Crippen molar-refractivity contribution in [3.63, 3.8) is 0 Å². The van der Waals surface area contributed by atoms with Gasteiger partial charge in [0.2, 0.25) is 0 Å². The van der Waals surface area contributed by atoms with Crippen molar-refractivity contribution in [2.24, 2.45) is 0 Å². The minimum Gasteiger partial charge on any atom is -0.501 e. The maximum absolute atomic E-state index is 11.6. The van der Waals surface area contributed by atoms with E-state index in [1.165, 1.54) is 24.5 Å². The van der Waals surface area contributed by atoms with E-state index in [-0.39, 0.29) is 11.6 Å². The summed E-state index contributed by atoms with van der Waals surface area (Å²) in [6.45, 7) is 2.22. The van der Waals surface area contributed by atoms with Crippen LogP contribution in [0.25, 0.3) is 5.57 Å². The van der Waals surface area contributed by atoms with Crippen molar-refractivity contribution in [2.75, 3.05) is 11.9 Å². The second kappa shape index (κ2) is 4.25. The molecule has 2 rings (SSSR count). The summed E-state index contributed by atoms with van der Waals surface area (Å²) < 4.78 is 5.05. The predicted molar refractivity (Wildman–Crippen MR) is 61.3 cm³/mol. The van der Waals surface area contributed by atoms with Gasteiger partial charge < -0.3 is 10.1 Å². The SMILES string of the molecule is CCOC=C1C(=O)Nc2ccc([N+](=O)[O-])cc21. The van der Waals surface area contributed by atoms with Crippen molar-refractivity contribution in [1.82, 2.24) is 0 Å². The van der Waals surface area contributed by atoms with Gasteiger partial charge in [-0.25, -0.2) is 0 Å². The Morgan fingerprint density at radius 2 is 2.29 bits per heavy atom. The minimum absolute atomic E-state index is 0.0531. The number of rotatable bonds is 3. The van der Waals surface area contributed by atoms with Gasteiger partial charge in [0.05, 0.1) is 23.4 Å². The molecule has 0 saturated heterocycles. The summed E-state index contributed by atoms with van der Waals surface area (Å²) in [5, 5.41) is 13.3. The van der Waals surface area contributed by atoms with Crippen LogP contribution >= 0.6 is 0 Å². The van der Waals surface area contributed by atoms with Crippen LogP contribution < -0.4 is 5.32 Å². The molecular weight excluding hydrogens is 224 g/mol. The number of benzene rings is 1. The number of carbonyl (C=O) groups is 1. The molecule has 1 aromatic carbocycles. The summed E-state index contributed by atoms with van der Waals surface area (Å²) in [5.41, 5.74) is 1.32. The molecule has 6 heteroatoms. The number of hydrogen-bond acceptors (Lipinski definition) is 4. The Hall–Kier alpha value is -2.37. The summed E-state index contributed by atoms with van der Waals surface area (Å²) in [4.78, 5) is 21.7. The van der Waals surface area contributed by atoms with E-state index >= 15 is 0 Å². The van der Waals surface area contributed by atoms with Gasteiger partial charge in [-0.1, -0.05) is 0 Å². The van der Waals surface area contributed by atoms with Gasteiger partial charge >= 0.3 is 0 Å². The Labute approximate surface area is 97.0 Å². The first-order chi connectivity index (χ1) is 8.13. The third-order valence-electron chi connectivity index (χ3n) is 2.36. The van der Waals surface area contributed by atoms with Crippen molar-refractivity contribution in [3.05, 3.63) is 40.1 Å². The van der Waals surface area contributed by atoms with Gasteiger partial charge in [-0.2, -0.15) is 0 Å².